The summed E-state index contributed by atoms with van der Waals surface area (Å²) in [5, 5.41) is 4.64. The number of aromatic nitrogens is 1. The van der Waals surface area contributed by atoms with Gasteiger partial charge < -0.3 is 9.47 Å². The van der Waals surface area contributed by atoms with Crippen LogP contribution in [0.25, 0.3) is 50.4 Å². The lowest BCUT2D eigenvalue weighted by atomic mass is 10.1. The molecule has 7 aromatic carbocycles. The summed E-state index contributed by atoms with van der Waals surface area (Å²) >= 11 is 0. The highest BCUT2D eigenvalue weighted by Gasteiger charge is 2.17. The number of benzene rings is 6. The minimum atomic E-state index is 1.06. The van der Waals surface area contributed by atoms with Gasteiger partial charge in [-0.25, -0.2) is 0 Å². The van der Waals surface area contributed by atoms with Crippen LogP contribution in [0.15, 0.2) is 158 Å². The Bertz CT molecular complexity index is 2260. The third kappa shape index (κ3) is 4.67. The van der Waals surface area contributed by atoms with Crippen LogP contribution in [-0.2, 0) is 0 Å². The molecular formula is C42H28N2. The van der Waals surface area contributed by atoms with Crippen molar-refractivity contribution >= 4 is 61.8 Å². The molecule has 0 bridgehead atoms. The number of fused-ring (bicyclic) bond motifs is 4. The van der Waals surface area contributed by atoms with Gasteiger partial charge in [-0.1, -0.05) is 115 Å². The number of hydrogen-bond donors (Lipinski definition) is 0. The Morgan fingerprint density at radius 2 is 1.14 bits per heavy atom. The van der Waals surface area contributed by atoms with Crippen molar-refractivity contribution in [2.24, 2.45) is 0 Å². The first kappa shape index (κ1) is 25.7. The molecule has 0 aliphatic rings. The normalized spacial score (nSPS) is 11.4. The van der Waals surface area contributed by atoms with E-state index in [1.54, 1.807) is 0 Å². The smallest absolute Gasteiger partial charge is 0.0631 e. The van der Waals surface area contributed by atoms with Gasteiger partial charge in [-0.3, -0.25) is 0 Å². The van der Waals surface area contributed by atoms with E-state index in [1.165, 1.54) is 16.3 Å². The third-order valence-corrected chi connectivity index (χ3v) is 8.19. The van der Waals surface area contributed by atoms with Crippen molar-refractivity contribution in [1.29, 1.82) is 0 Å². The molecule has 0 unspecified atom stereocenters. The van der Waals surface area contributed by atoms with Crippen LogP contribution in [-0.4, -0.2) is 4.57 Å². The van der Waals surface area contributed by atoms with Crippen LogP contribution in [0.1, 0.15) is 11.1 Å². The van der Waals surface area contributed by atoms with Crippen LogP contribution < -0.4 is 4.90 Å². The fourth-order valence-corrected chi connectivity index (χ4v) is 6.07. The minimum Gasteiger partial charge on any atom is -0.310 e. The van der Waals surface area contributed by atoms with Gasteiger partial charge in [0, 0.05) is 28.1 Å². The molecule has 0 N–H and O–H groups in total. The summed E-state index contributed by atoms with van der Waals surface area (Å²) in [5.41, 5.74) is 9.03. The number of anilines is 3. The molecule has 0 fully saturated rings. The van der Waals surface area contributed by atoms with Crippen molar-refractivity contribution in [2.45, 2.75) is 0 Å². The van der Waals surface area contributed by atoms with Crippen molar-refractivity contribution in [1.82, 2.24) is 4.57 Å². The molecule has 0 spiro atoms. The van der Waals surface area contributed by atoms with Gasteiger partial charge in [0.15, 0.2) is 0 Å². The molecule has 0 aliphatic heterocycles. The van der Waals surface area contributed by atoms with Gasteiger partial charge in [0.2, 0.25) is 0 Å². The van der Waals surface area contributed by atoms with Gasteiger partial charge in [0.05, 0.1) is 16.4 Å². The average molecular weight is 561 g/mol. The molecule has 0 saturated carbocycles. The lowest BCUT2D eigenvalue weighted by Gasteiger charge is -2.26. The lowest BCUT2D eigenvalue weighted by molar-refractivity contribution is 1.18. The topological polar surface area (TPSA) is 8.17 Å². The largest absolute Gasteiger partial charge is 0.310 e. The van der Waals surface area contributed by atoms with Crippen molar-refractivity contribution in [3.8, 4) is 5.69 Å². The van der Waals surface area contributed by atoms with Gasteiger partial charge in [0.25, 0.3) is 0 Å². The molecule has 8 aromatic rings. The highest BCUT2D eigenvalue weighted by atomic mass is 15.1. The number of hydrogen-bond acceptors (Lipinski definition) is 1. The molecule has 0 saturated heterocycles. The van der Waals surface area contributed by atoms with E-state index in [1.807, 2.05) is 12.1 Å². The van der Waals surface area contributed by atoms with Gasteiger partial charge in [-0.05, 0) is 88.6 Å². The van der Waals surface area contributed by atoms with Crippen LogP contribution in [0, 0.1) is 12.1 Å². The second-order valence-corrected chi connectivity index (χ2v) is 10.9. The van der Waals surface area contributed by atoms with Crippen LogP contribution in [0.3, 0.4) is 0 Å². The molecule has 1 heterocycles. The van der Waals surface area contributed by atoms with E-state index in [0.717, 1.165) is 50.1 Å². The second kappa shape index (κ2) is 11.0. The predicted octanol–water partition coefficient (Wildman–Crippen LogP) is 11.2. The van der Waals surface area contributed by atoms with E-state index < -0.39 is 0 Å². The Morgan fingerprint density at radius 3 is 1.93 bits per heavy atom. The van der Waals surface area contributed by atoms with Crippen LogP contribution in [0.2, 0.25) is 0 Å². The summed E-state index contributed by atoms with van der Waals surface area (Å²) in [6.07, 6.45) is 4.32. The Balaban J connectivity index is 1.28. The molecule has 0 atom stereocenters. The number of nitrogens with zero attached hydrogens (tertiary/aromatic N) is 2. The zero-order chi connectivity index (χ0) is 29.3. The fraction of sp³-hybridized carbons (Fsp3) is 0. The highest BCUT2D eigenvalue weighted by molar-refractivity contribution is 6.10. The van der Waals surface area contributed by atoms with E-state index in [2.05, 4.69) is 179 Å². The first-order valence-electron chi connectivity index (χ1n) is 14.9. The fourth-order valence-electron chi connectivity index (χ4n) is 6.07. The molecule has 2 nitrogen and oxygen atoms in total. The van der Waals surface area contributed by atoms with E-state index in [0.29, 0.717) is 0 Å². The van der Waals surface area contributed by atoms with Gasteiger partial charge in [0.1, 0.15) is 0 Å². The molecule has 2 heteroatoms. The first-order chi connectivity index (χ1) is 21.8. The predicted molar refractivity (Wildman–Crippen MR) is 186 cm³/mol. The molecule has 0 amide bonds. The van der Waals surface area contributed by atoms with E-state index in [-0.39, 0.29) is 0 Å². The Hall–Kier alpha value is -6.04. The van der Waals surface area contributed by atoms with E-state index >= 15 is 0 Å². The quantitative estimate of drug-likeness (QED) is 0.184. The van der Waals surface area contributed by atoms with E-state index in [4.69, 9.17) is 0 Å². The summed E-state index contributed by atoms with van der Waals surface area (Å²) < 4.78 is 2.31. The summed E-state index contributed by atoms with van der Waals surface area (Å²) in [7, 11) is 0. The van der Waals surface area contributed by atoms with Crippen molar-refractivity contribution in [3.05, 3.63) is 181 Å². The summed E-state index contributed by atoms with van der Waals surface area (Å²) in [4.78, 5) is 2.34. The number of para-hydroxylation sites is 1. The molecule has 0 radical (unpaired) electrons. The Kier molecular flexibility index (Phi) is 6.40. The van der Waals surface area contributed by atoms with Crippen molar-refractivity contribution in [3.63, 3.8) is 0 Å². The SMILES string of the molecule is c1ccc2c(c#1)c1cc(N(c3ccc(/C=C/c4ccccc4)cc3)c3ccc4ccccc4c3)ccc1n2-c1ccccc1. The monoisotopic (exact) mass is 560 g/mol. The van der Waals surface area contributed by atoms with E-state index in [9.17, 15) is 0 Å². The highest BCUT2D eigenvalue weighted by Crippen LogP contribution is 2.40. The van der Waals surface area contributed by atoms with Gasteiger partial charge in [-0.15, -0.1) is 0 Å². The second-order valence-electron chi connectivity index (χ2n) is 10.9. The zero-order valence-electron chi connectivity index (χ0n) is 24.1. The lowest BCUT2D eigenvalue weighted by Crippen LogP contribution is -2.10. The average Bonchev–Trinajstić information content (AvgIpc) is 3.43. The maximum Gasteiger partial charge on any atom is 0.0631 e. The van der Waals surface area contributed by atoms with Crippen molar-refractivity contribution < 1.29 is 0 Å². The molecule has 44 heavy (non-hydrogen) atoms. The zero-order valence-corrected chi connectivity index (χ0v) is 24.1. The maximum atomic E-state index is 3.42. The van der Waals surface area contributed by atoms with Crippen molar-refractivity contribution in [2.75, 3.05) is 4.90 Å². The minimum absolute atomic E-state index is 1.06. The van der Waals surface area contributed by atoms with Gasteiger partial charge >= 0.3 is 0 Å². The molecule has 1 aromatic heterocycles. The van der Waals surface area contributed by atoms with Crippen LogP contribution in [0.4, 0.5) is 17.1 Å². The molecule has 0 aliphatic carbocycles. The molecule has 206 valence electrons. The number of rotatable bonds is 6. The summed E-state index contributed by atoms with van der Waals surface area (Å²) in [6, 6.07) is 62.4. The Morgan fingerprint density at radius 1 is 0.500 bits per heavy atom. The van der Waals surface area contributed by atoms with Crippen LogP contribution >= 0.6 is 0 Å². The third-order valence-electron chi connectivity index (χ3n) is 8.19. The summed E-state index contributed by atoms with van der Waals surface area (Å²) in [5.74, 6) is 0. The molecule has 8 rings (SSSR count). The Labute approximate surface area is 257 Å². The van der Waals surface area contributed by atoms with Crippen LogP contribution in [0.5, 0.6) is 0 Å². The maximum absolute atomic E-state index is 3.42. The molecular weight excluding hydrogens is 532 g/mol. The standard InChI is InChI=1S/C42H28N2/c1-3-11-31(12-4-1)19-20-32-21-24-36(25-22-32)43(37-26-23-33-13-7-8-14-34(33)29-37)38-27-28-42-40(30-38)39-17-9-10-18-41(39)44(42)35-15-5-2-6-16-35/h1-8,10-16,18-30H/b20-19+. The first-order valence-corrected chi connectivity index (χ1v) is 14.9. The van der Waals surface area contributed by atoms with Gasteiger partial charge in [-0.2, -0.15) is 0 Å². The summed E-state index contributed by atoms with van der Waals surface area (Å²) in [6.45, 7) is 0.